The van der Waals surface area contributed by atoms with Gasteiger partial charge in [0.15, 0.2) is 0 Å². The molecule has 0 radical (unpaired) electrons. The van der Waals surface area contributed by atoms with Gasteiger partial charge in [-0.05, 0) is 54.9 Å². The van der Waals surface area contributed by atoms with E-state index in [0.29, 0.717) is 18.7 Å². The van der Waals surface area contributed by atoms with Gasteiger partial charge in [-0.2, -0.15) is 5.26 Å². The topological polar surface area (TPSA) is 74.2 Å². The number of hydrogen-bond donors (Lipinski definition) is 2. The van der Waals surface area contributed by atoms with Crippen molar-refractivity contribution in [1.29, 1.82) is 5.26 Å². The molecule has 0 aliphatic carbocycles. The van der Waals surface area contributed by atoms with Crippen molar-refractivity contribution < 1.29 is 9.53 Å². The lowest BCUT2D eigenvalue weighted by Gasteiger charge is -2.19. The van der Waals surface area contributed by atoms with E-state index in [4.69, 9.17) is 10.00 Å². The Morgan fingerprint density at radius 1 is 1.40 bits per heavy atom. The van der Waals surface area contributed by atoms with E-state index >= 15 is 0 Å². The minimum atomic E-state index is -0.491. The summed E-state index contributed by atoms with van der Waals surface area (Å²) in [5.41, 5.74) is 0.972. The zero-order valence-corrected chi connectivity index (χ0v) is 13.4. The Kier molecular flexibility index (Phi) is 5.83. The first-order valence-corrected chi connectivity index (χ1v) is 7.01. The van der Waals surface area contributed by atoms with Crippen LogP contribution < -0.4 is 10.6 Å². The molecule has 0 aromatic heterocycles. The number of benzene rings is 1. The standard InChI is InChI=1S/C14H18BrN3O2/c1-14(2,3)20-13(19)18-7-6-17-11-5-4-10(9-16)12(15)8-11/h4-5,8,17H,6-7H2,1-3H3,(H,18,19). The summed E-state index contributed by atoms with van der Waals surface area (Å²) in [6.07, 6.45) is -0.430. The Hall–Kier alpha value is -1.74. The van der Waals surface area contributed by atoms with Crippen molar-refractivity contribution in [2.24, 2.45) is 0 Å². The Bertz CT molecular complexity index is 518. The number of amides is 1. The summed E-state index contributed by atoms with van der Waals surface area (Å²) >= 11 is 3.32. The zero-order valence-electron chi connectivity index (χ0n) is 11.8. The summed E-state index contributed by atoms with van der Waals surface area (Å²) in [6, 6.07) is 7.45. The van der Waals surface area contributed by atoms with Crippen molar-refractivity contribution in [3.05, 3.63) is 28.2 Å². The van der Waals surface area contributed by atoms with Crippen LogP contribution in [0.2, 0.25) is 0 Å². The maximum atomic E-state index is 11.4. The van der Waals surface area contributed by atoms with E-state index in [1.54, 1.807) is 6.07 Å². The quantitative estimate of drug-likeness (QED) is 0.825. The van der Waals surface area contributed by atoms with E-state index in [0.717, 1.165) is 10.2 Å². The predicted molar refractivity (Wildman–Crippen MR) is 81.6 cm³/mol. The van der Waals surface area contributed by atoms with Gasteiger partial charge in [0, 0.05) is 23.2 Å². The van der Waals surface area contributed by atoms with E-state index in [-0.39, 0.29) is 0 Å². The summed E-state index contributed by atoms with van der Waals surface area (Å²) in [4.78, 5) is 11.4. The van der Waals surface area contributed by atoms with E-state index in [2.05, 4.69) is 32.6 Å². The molecule has 0 heterocycles. The molecule has 0 fully saturated rings. The molecule has 0 spiro atoms. The first-order chi connectivity index (χ1) is 9.31. The summed E-state index contributed by atoms with van der Waals surface area (Å²) in [5.74, 6) is 0. The fourth-order valence-corrected chi connectivity index (χ4v) is 1.87. The number of alkyl carbamates (subject to hydrolysis) is 1. The van der Waals surface area contributed by atoms with Gasteiger partial charge < -0.3 is 15.4 Å². The molecule has 0 saturated heterocycles. The Morgan fingerprint density at radius 3 is 2.65 bits per heavy atom. The average Bonchev–Trinajstić information content (AvgIpc) is 2.33. The van der Waals surface area contributed by atoms with Crippen LogP contribution in [0.25, 0.3) is 0 Å². The molecular weight excluding hydrogens is 322 g/mol. The van der Waals surface area contributed by atoms with Crippen molar-refractivity contribution in [1.82, 2.24) is 5.32 Å². The number of halogens is 1. The number of ether oxygens (including phenoxy) is 1. The normalized spacial score (nSPS) is 10.6. The molecule has 0 aliphatic heterocycles. The van der Waals surface area contributed by atoms with Gasteiger partial charge in [-0.1, -0.05) is 0 Å². The van der Waals surface area contributed by atoms with Crippen LogP contribution in [0.4, 0.5) is 10.5 Å². The van der Waals surface area contributed by atoms with Gasteiger partial charge in [-0.3, -0.25) is 0 Å². The lowest BCUT2D eigenvalue weighted by molar-refractivity contribution is 0.0530. The Balaban J connectivity index is 2.33. The zero-order chi connectivity index (χ0) is 15.2. The minimum Gasteiger partial charge on any atom is -0.444 e. The SMILES string of the molecule is CC(C)(C)OC(=O)NCCNc1ccc(C#N)c(Br)c1. The average molecular weight is 340 g/mol. The molecule has 0 aliphatic rings. The van der Waals surface area contributed by atoms with Gasteiger partial charge in [0.2, 0.25) is 0 Å². The molecule has 0 unspecified atom stereocenters. The van der Waals surface area contributed by atoms with Crippen molar-refractivity contribution in [3.63, 3.8) is 0 Å². The third kappa shape index (κ3) is 5.93. The number of nitrogens with zero attached hydrogens (tertiary/aromatic N) is 1. The van der Waals surface area contributed by atoms with Gasteiger partial charge in [0.1, 0.15) is 11.7 Å². The third-order valence-electron chi connectivity index (χ3n) is 2.21. The number of rotatable bonds is 4. The van der Waals surface area contributed by atoms with Crippen LogP contribution >= 0.6 is 15.9 Å². The number of hydrogen-bond acceptors (Lipinski definition) is 4. The molecule has 20 heavy (non-hydrogen) atoms. The molecule has 0 bridgehead atoms. The van der Waals surface area contributed by atoms with Crippen molar-refractivity contribution >= 4 is 27.7 Å². The third-order valence-corrected chi connectivity index (χ3v) is 2.87. The second-order valence-electron chi connectivity index (χ2n) is 5.16. The fraction of sp³-hybridized carbons (Fsp3) is 0.429. The van der Waals surface area contributed by atoms with Crippen LogP contribution in [0.1, 0.15) is 26.3 Å². The van der Waals surface area contributed by atoms with Gasteiger partial charge in [0.25, 0.3) is 0 Å². The van der Waals surface area contributed by atoms with E-state index in [1.807, 2.05) is 32.9 Å². The van der Waals surface area contributed by atoms with Crippen LogP contribution in [-0.4, -0.2) is 24.8 Å². The lowest BCUT2D eigenvalue weighted by atomic mass is 10.2. The number of carbonyl (C=O) groups excluding carboxylic acids is 1. The molecule has 5 nitrogen and oxygen atoms in total. The fourth-order valence-electron chi connectivity index (χ4n) is 1.40. The highest BCUT2D eigenvalue weighted by Crippen LogP contribution is 2.20. The summed E-state index contributed by atoms with van der Waals surface area (Å²) in [6.45, 7) is 6.47. The predicted octanol–water partition coefficient (Wildman–Crippen LogP) is 3.26. The minimum absolute atomic E-state index is 0.430. The van der Waals surface area contributed by atoms with Gasteiger partial charge >= 0.3 is 6.09 Å². The summed E-state index contributed by atoms with van der Waals surface area (Å²) < 4.78 is 5.86. The van der Waals surface area contributed by atoms with Crippen LogP contribution in [-0.2, 0) is 4.74 Å². The Morgan fingerprint density at radius 2 is 2.10 bits per heavy atom. The molecule has 1 aromatic rings. The lowest BCUT2D eigenvalue weighted by Crippen LogP contribution is -2.34. The molecular formula is C14H18BrN3O2. The van der Waals surface area contributed by atoms with Crippen LogP contribution in [0, 0.1) is 11.3 Å². The second-order valence-corrected chi connectivity index (χ2v) is 6.02. The van der Waals surface area contributed by atoms with E-state index in [9.17, 15) is 4.79 Å². The highest BCUT2D eigenvalue weighted by atomic mass is 79.9. The van der Waals surface area contributed by atoms with Crippen LogP contribution in [0.5, 0.6) is 0 Å². The van der Waals surface area contributed by atoms with Crippen LogP contribution in [0.3, 0.4) is 0 Å². The highest BCUT2D eigenvalue weighted by Gasteiger charge is 2.15. The van der Waals surface area contributed by atoms with E-state index in [1.165, 1.54) is 0 Å². The largest absolute Gasteiger partial charge is 0.444 e. The maximum absolute atomic E-state index is 11.4. The van der Waals surface area contributed by atoms with E-state index < -0.39 is 11.7 Å². The number of carbonyl (C=O) groups is 1. The number of nitrogens with one attached hydrogen (secondary N) is 2. The van der Waals surface area contributed by atoms with Crippen LogP contribution in [0.15, 0.2) is 22.7 Å². The maximum Gasteiger partial charge on any atom is 0.407 e. The summed E-state index contributed by atoms with van der Waals surface area (Å²) in [5, 5.41) is 14.6. The van der Waals surface area contributed by atoms with Crippen molar-refractivity contribution in [2.45, 2.75) is 26.4 Å². The molecule has 6 heteroatoms. The van der Waals surface area contributed by atoms with Gasteiger partial charge in [-0.25, -0.2) is 4.79 Å². The molecule has 0 atom stereocenters. The number of anilines is 1. The monoisotopic (exact) mass is 339 g/mol. The van der Waals surface area contributed by atoms with Crippen molar-refractivity contribution in [2.75, 3.05) is 18.4 Å². The van der Waals surface area contributed by atoms with Gasteiger partial charge in [0.05, 0.1) is 5.56 Å². The highest BCUT2D eigenvalue weighted by molar-refractivity contribution is 9.10. The molecule has 108 valence electrons. The molecule has 0 saturated carbocycles. The molecule has 1 aromatic carbocycles. The first-order valence-electron chi connectivity index (χ1n) is 6.22. The second kappa shape index (κ2) is 7.15. The molecule has 1 amide bonds. The van der Waals surface area contributed by atoms with Gasteiger partial charge in [-0.15, -0.1) is 0 Å². The Labute approximate surface area is 127 Å². The summed E-state index contributed by atoms with van der Waals surface area (Å²) in [7, 11) is 0. The molecule has 1 rings (SSSR count). The first kappa shape index (κ1) is 16.3. The molecule has 2 N–H and O–H groups in total. The smallest absolute Gasteiger partial charge is 0.407 e. The van der Waals surface area contributed by atoms with Crippen molar-refractivity contribution in [3.8, 4) is 6.07 Å². The number of nitriles is 1.